The van der Waals surface area contributed by atoms with Gasteiger partial charge in [0.1, 0.15) is 11.7 Å². The molecule has 0 amide bonds. The summed E-state index contributed by atoms with van der Waals surface area (Å²) in [6.45, 7) is 9.42. The van der Waals surface area contributed by atoms with Crippen molar-refractivity contribution in [1.82, 2.24) is 0 Å². The van der Waals surface area contributed by atoms with E-state index in [1.54, 1.807) is 0 Å². The van der Waals surface area contributed by atoms with Gasteiger partial charge >= 0.3 is 5.97 Å². The Morgan fingerprint density at radius 3 is 2.45 bits per heavy atom. The number of carbonyl (C=O) groups is 1. The molecule has 2 rings (SSSR count). The summed E-state index contributed by atoms with van der Waals surface area (Å²) in [5.41, 5.74) is 0.658. The molecule has 0 saturated heterocycles. The molecule has 0 unspecified atom stereocenters. The van der Waals surface area contributed by atoms with Crippen LogP contribution in [0.25, 0.3) is 0 Å². The van der Waals surface area contributed by atoms with Crippen LogP contribution in [0, 0.1) is 11.3 Å². The summed E-state index contributed by atoms with van der Waals surface area (Å²) in [5.74, 6) is -0.154. The minimum Gasteiger partial charge on any atom is -0.462 e. The number of ether oxygens (including phenoxy) is 1. The fraction of sp³-hybridized carbons (Fsp3) is 0.588. The largest absolute Gasteiger partial charge is 0.462 e. The molecule has 1 aliphatic carbocycles. The maximum Gasteiger partial charge on any atom is 0.302 e. The molecule has 3 nitrogen and oxygen atoms in total. The molecule has 110 valence electrons. The molecule has 0 heterocycles. The smallest absolute Gasteiger partial charge is 0.302 e. The first kappa shape index (κ1) is 15.0. The van der Waals surface area contributed by atoms with E-state index in [-0.39, 0.29) is 18.0 Å². The topological polar surface area (TPSA) is 46.5 Å². The number of hydrogen-bond donors (Lipinski definition) is 1. The van der Waals surface area contributed by atoms with E-state index in [9.17, 15) is 9.90 Å². The van der Waals surface area contributed by atoms with E-state index in [0.717, 1.165) is 5.56 Å². The van der Waals surface area contributed by atoms with E-state index in [1.165, 1.54) is 12.5 Å². The van der Waals surface area contributed by atoms with Gasteiger partial charge in [-0.25, -0.2) is 0 Å². The number of carbonyl (C=O) groups excluding carboxylic acids is 1. The quantitative estimate of drug-likeness (QED) is 0.860. The lowest BCUT2D eigenvalue weighted by molar-refractivity contribution is -0.187. The minimum atomic E-state index is -0.937. The van der Waals surface area contributed by atoms with Crippen molar-refractivity contribution in [3.63, 3.8) is 0 Å². The Labute approximate surface area is 121 Å². The van der Waals surface area contributed by atoms with Crippen LogP contribution in [0.3, 0.4) is 0 Å². The SMILES string of the molecule is CC(=O)O[C@H](C(C)C)C(C)(C)[C@@]1(O)Cc2ccccc21. The molecule has 0 bridgehead atoms. The fourth-order valence-corrected chi connectivity index (χ4v) is 3.45. The van der Waals surface area contributed by atoms with E-state index in [0.29, 0.717) is 6.42 Å². The van der Waals surface area contributed by atoms with Gasteiger partial charge < -0.3 is 9.84 Å². The van der Waals surface area contributed by atoms with E-state index >= 15 is 0 Å². The molecule has 1 aromatic rings. The van der Waals surface area contributed by atoms with Crippen molar-refractivity contribution in [2.75, 3.05) is 0 Å². The second-order valence-corrected chi connectivity index (χ2v) is 6.69. The van der Waals surface area contributed by atoms with Gasteiger partial charge in [-0.2, -0.15) is 0 Å². The third-order valence-electron chi connectivity index (χ3n) is 4.58. The Balaban J connectivity index is 2.37. The first-order valence-electron chi connectivity index (χ1n) is 7.18. The molecule has 1 aromatic carbocycles. The second-order valence-electron chi connectivity index (χ2n) is 6.69. The van der Waals surface area contributed by atoms with Gasteiger partial charge in [-0.05, 0) is 17.0 Å². The Bertz CT molecular complexity index is 519. The lowest BCUT2D eigenvalue weighted by atomic mass is 9.56. The maximum atomic E-state index is 11.4. The molecule has 1 aliphatic rings. The third-order valence-corrected chi connectivity index (χ3v) is 4.58. The second kappa shape index (κ2) is 4.88. The number of hydrogen-bond acceptors (Lipinski definition) is 3. The van der Waals surface area contributed by atoms with Crippen LogP contribution in [0.5, 0.6) is 0 Å². The van der Waals surface area contributed by atoms with E-state index in [1.807, 2.05) is 52.0 Å². The zero-order valence-electron chi connectivity index (χ0n) is 12.9. The Hall–Kier alpha value is -1.35. The van der Waals surface area contributed by atoms with Crippen molar-refractivity contribution in [3.05, 3.63) is 35.4 Å². The average molecular weight is 276 g/mol. The van der Waals surface area contributed by atoms with Gasteiger partial charge in [0.15, 0.2) is 0 Å². The summed E-state index contributed by atoms with van der Waals surface area (Å²) in [7, 11) is 0. The highest BCUT2D eigenvalue weighted by molar-refractivity contribution is 5.66. The molecule has 0 spiro atoms. The van der Waals surface area contributed by atoms with Crippen LogP contribution in [-0.2, 0) is 21.6 Å². The molecule has 0 fully saturated rings. The molecule has 20 heavy (non-hydrogen) atoms. The summed E-state index contributed by atoms with van der Waals surface area (Å²) < 4.78 is 5.51. The van der Waals surface area contributed by atoms with Gasteiger partial charge in [0.25, 0.3) is 0 Å². The van der Waals surface area contributed by atoms with Crippen LogP contribution in [-0.4, -0.2) is 17.2 Å². The molecule has 0 radical (unpaired) electrons. The zero-order chi connectivity index (χ0) is 15.1. The highest BCUT2D eigenvalue weighted by Crippen LogP contribution is 2.53. The first-order valence-corrected chi connectivity index (χ1v) is 7.18. The van der Waals surface area contributed by atoms with E-state index in [2.05, 4.69) is 0 Å². The average Bonchev–Trinajstić information content (AvgIpc) is 2.33. The van der Waals surface area contributed by atoms with Crippen LogP contribution in [0.15, 0.2) is 24.3 Å². The summed E-state index contributed by atoms with van der Waals surface area (Å²) in [5, 5.41) is 11.1. The van der Waals surface area contributed by atoms with Crippen LogP contribution >= 0.6 is 0 Å². The molecular weight excluding hydrogens is 252 g/mol. The number of rotatable bonds is 4. The summed E-state index contributed by atoms with van der Waals surface area (Å²) >= 11 is 0. The fourth-order valence-electron chi connectivity index (χ4n) is 3.45. The van der Waals surface area contributed by atoms with Crippen LogP contribution < -0.4 is 0 Å². The van der Waals surface area contributed by atoms with Crippen LogP contribution in [0.2, 0.25) is 0 Å². The molecule has 2 atom stereocenters. The predicted octanol–water partition coefficient (Wildman–Crippen LogP) is 3.04. The van der Waals surface area contributed by atoms with Gasteiger partial charge in [0, 0.05) is 18.8 Å². The number of fused-ring (bicyclic) bond motifs is 1. The van der Waals surface area contributed by atoms with Crippen molar-refractivity contribution in [3.8, 4) is 0 Å². The predicted molar refractivity (Wildman–Crippen MR) is 78.2 cm³/mol. The lowest BCUT2D eigenvalue weighted by Crippen LogP contribution is -2.57. The van der Waals surface area contributed by atoms with Gasteiger partial charge in [0.05, 0.1) is 0 Å². The standard InChI is InChI=1S/C17H24O3/c1-11(2)15(20-12(3)18)16(4,5)17(19)10-13-8-6-7-9-14(13)17/h6-9,11,15,19H,10H2,1-5H3/t15-,17-/m1/s1. The Morgan fingerprint density at radius 2 is 1.95 bits per heavy atom. The molecule has 3 heteroatoms. The Kier molecular flexibility index (Phi) is 3.67. The van der Waals surface area contributed by atoms with Crippen LogP contribution in [0.4, 0.5) is 0 Å². The van der Waals surface area contributed by atoms with Crippen LogP contribution in [0.1, 0.15) is 45.7 Å². The monoisotopic (exact) mass is 276 g/mol. The first-order chi connectivity index (χ1) is 9.20. The van der Waals surface area contributed by atoms with Crippen molar-refractivity contribution >= 4 is 5.97 Å². The summed E-state index contributed by atoms with van der Waals surface area (Å²) in [6.07, 6.45) is 0.291. The lowest BCUT2D eigenvalue weighted by Gasteiger charge is -2.53. The minimum absolute atomic E-state index is 0.144. The van der Waals surface area contributed by atoms with Gasteiger partial charge in [-0.3, -0.25) is 4.79 Å². The van der Waals surface area contributed by atoms with E-state index < -0.39 is 11.0 Å². The summed E-state index contributed by atoms with van der Waals surface area (Å²) in [6, 6.07) is 7.93. The zero-order valence-corrected chi connectivity index (χ0v) is 12.9. The normalized spacial score (nSPS) is 22.9. The molecule has 1 N–H and O–H groups in total. The molecule has 0 aliphatic heterocycles. The van der Waals surface area contributed by atoms with Crippen molar-refractivity contribution in [2.24, 2.45) is 11.3 Å². The number of aliphatic hydroxyl groups is 1. The maximum absolute atomic E-state index is 11.4. The van der Waals surface area contributed by atoms with Gasteiger partial charge in [-0.1, -0.05) is 52.0 Å². The van der Waals surface area contributed by atoms with Gasteiger partial charge in [0.2, 0.25) is 0 Å². The Morgan fingerprint density at radius 1 is 1.35 bits per heavy atom. The third kappa shape index (κ3) is 2.14. The molecule has 0 aromatic heterocycles. The van der Waals surface area contributed by atoms with Crippen molar-refractivity contribution in [1.29, 1.82) is 0 Å². The highest BCUT2D eigenvalue weighted by atomic mass is 16.5. The molecular formula is C17H24O3. The highest BCUT2D eigenvalue weighted by Gasteiger charge is 2.56. The molecule has 0 saturated carbocycles. The van der Waals surface area contributed by atoms with E-state index in [4.69, 9.17) is 4.74 Å². The number of esters is 1. The summed E-state index contributed by atoms with van der Waals surface area (Å²) in [4.78, 5) is 11.4. The number of benzene rings is 1. The van der Waals surface area contributed by atoms with Crippen molar-refractivity contribution in [2.45, 2.75) is 52.7 Å². The van der Waals surface area contributed by atoms with Gasteiger partial charge in [-0.15, -0.1) is 0 Å². The van der Waals surface area contributed by atoms with Crippen molar-refractivity contribution < 1.29 is 14.6 Å².